The van der Waals surface area contributed by atoms with E-state index in [1.165, 1.54) is 0 Å². The van der Waals surface area contributed by atoms with Gasteiger partial charge in [-0.05, 0) is 25.7 Å². The molecule has 0 aromatic carbocycles. The fourth-order valence-corrected chi connectivity index (χ4v) is 1.94. The van der Waals surface area contributed by atoms with Crippen LogP contribution < -0.4 is 11.1 Å². The van der Waals surface area contributed by atoms with Crippen LogP contribution in [0.15, 0.2) is 0 Å². The molecule has 1 aromatic heterocycles. The molecule has 0 spiro atoms. The van der Waals surface area contributed by atoms with Gasteiger partial charge in [0.1, 0.15) is 17.5 Å². The van der Waals surface area contributed by atoms with E-state index in [1.54, 1.807) is 0 Å². The van der Waals surface area contributed by atoms with Crippen molar-refractivity contribution >= 4 is 11.6 Å². The van der Waals surface area contributed by atoms with Gasteiger partial charge in [0, 0.05) is 24.6 Å². The molecule has 1 heterocycles. The largest absolute Gasteiger partial charge is 0.396 e. The number of aromatic nitrogens is 2. The highest BCUT2D eigenvalue weighted by molar-refractivity contribution is 5.55. The van der Waals surface area contributed by atoms with E-state index in [4.69, 9.17) is 10.8 Å². The van der Waals surface area contributed by atoms with E-state index in [0.717, 1.165) is 30.0 Å². The molecule has 0 aliphatic carbocycles. The smallest absolute Gasteiger partial charge is 0.134 e. The van der Waals surface area contributed by atoms with Gasteiger partial charge in [-0.15, -0.1) is 0 Å². The summed E-state index contributed by atoms with van der Waals surface area (Å²) in [6.45, 7) is 8.43. The third-order valence-corrected chi connectivity index (χ3v) is 3.27. The minimum absolute atomic E-state index is 0.164. The normalized spacial score (nSPS) is 12.7. The molecule has 1 aromatic rings. The second-order valence-electron chi connectivity index (χ2n) is 5.26. The van der Waals surface area contributed by atoms with Crippen LogP contribution in [0.25, 0.3) is 0 Å². The van der Waals surface area contributed by atoms with E-state index in [9.17, 15) is 0 Å². The van der Waals surface area contributed by atoms with Gasteiger partial charge in [-0.25, -0.2) is 9.97 Å². The molecule has 0 saturated heterocycles. The number of aliphatic hydroxyl groups is 1. The molecule has 1 atom stereocenters. The summed E-state index contributed by atoms with van der Waals surface area (Å²) < 4.78 is 0. The van der Waals surface area contributed by atoms with Crippen molar-refractivity contribution in [3.05, 3.63) is 11.4 Å². The van der Waals surface area contributed by atoms with E-state index >= 15 is 0 Å². The fourth-order valence-electron chi connectivity index (χ4n) is 1.94. The van der Waals surface area contributed by atoms with Crippen LogP contribution in [0, 0.1) is 12.8 Å². The van der Waals surface area contributed by atoms with E-state index in [0.29, 0.717) is 18.2 Å². The van der Waals surface area contributed by atoms with Gasteiger partial charge < -0.3 is 16.2 Å². The summed E-state index contributed by atoms with van der Waals surface area (Å²) in [7, 11) is 0. The molecule has 0 aliphatic rings. The van der Waals surface area contributed by atoms with Gasteiger partial charge in [-0.2, -0.15) is 0 Å². The highest BCUT2D eigenvalue weighted by Gasteiger charge is 2.16. The van der Waals surface area contributed by atoms with Crippen molar-refractivity contribution in [1.29, 1.82) is 0 Å². The van der Waals surface area contributed by atoms with Crippen LogP contribution >= 0.6 is 0 Å². The van der Waals surface area contributed by atoms with E-state index in [2.05, 4.69) is 36.1 Å². The molecule has 0 amide bonds. The van der Waals surface area contributed by atoms with Gasteiger partial charge in [0.2, 0.25) is 0 Å². The minimum atomic E-state index is 0.164. The summed E-state index contributed by atoms with van der Waals surface area (Å²) in [5, 5.41) is 12.5. The number of nitrogens with zero attached hydrogens (tertiary/aromatic N) is 2. The van der Waals surface area contributed by atoms with Crippen molar-refractivity contribution in [2.75, 3.05) is 17.7 Å². The van der Waals surface area contributed by atoms with Crippen LogP contribution in [0.2, 0.25) is 0 Å². The predicted octanol–water partition coefficient (Wildman–Crippen LogP) is 2.14. The van der Waals surface area contributed by atoms with E-state index < -0.39 is 0 Å². The second kappa shape index (κ2) is 7.28. The molecule has 1 unspecified atom stereocenters. The Morgan fingerprint density at radius 3 is 2.53 bits per heavy atom. The first-order valence-electron chi connectivity index (χ1n) is 6.99. The standard InChI is InChI=1S/C14H26N4O/c1-5-6-12-17-13(15)10(4)14(18-12)16-11(7-8-19)9(2)3/h9,11,19H,5-8H2,1-4H3,(H3,15,16,17,18). The van der Waals surface area contributed by atoms with Crippen LogP contribution in [0.3, 0.4) is 0 Å². The van der Waals surface area contributed by atoms with Gasteiger partial charge >= 0.3 is 0 Å². The maximum absolute atomic E-state index is 9.13. The molecular weight excluding hydrogens is 240 g/mol. The number of nitrogen functional groups attached to an aromatic ring is 1. The molecule has 0 radical (unpaired) electrons. The van der Waals surface area contributed by atoms with Crippen molar-refractivity contribution in [1.82, 2.24) is 9.97 Å². The van der Waals surface area contributed by atoms with E-state index in [1.807, 2.05) is 6.92 Å². The fraction of sp³-hybridized carbons (Fsp3) is 0.714. The Labute approximate surface area is 115 Å². The van der Waals surface area contributed by atoms with Crippen molar-refractivity contribution in [2.24, 2.45) is 5.92 Å². The Bertz CT molecular complexity index is 407. The topological polar surface area (TPSA) is 84.1 Å². The summed E-state index contributed by atoms with van der Waals surface area (Å²) in [6, 6.07) is 0.187. The van der Waals surface area contributed by atoms with Gasteiger partial charge in [-0.3, -0.25) is 0 Å². The minimum Gasteiger partial charge on any atom is -0.396 e. The molecule has 19 heavy (non-hydrogen) atoms. The van der Waals surface area contributed by atoms with Crippen molar-refractivity contribution in [3.63, 3.8) is 0 Å². The summed E-state index contributed by atoms with van der Waals surface area (Å²) in [6.07, 6.45) is 2.52. The molecule has 108 valence electrons. The first-order chi connectivity index (χ1) is 8.99. The number of nitrogens with two attached hydrogens (primary N) is 1. The summed E-state index contributed by atoms with van der Waals surface area (Å²) in [4.78, 5) is 8.84. The highest BCUT2D eigenvalue weighted by atomic mass is 16.3. The number of anilines is 2. The zero-order valence-electron chi connectivity index (χ0n) is 12.4. The van der Waals surface area contributed by atoms with Crippen molar-refractivity contribution in [3.8, 4) is 0 Å². The molecule has 0 fully saturated rings. The predicted molar refractivity (Wildman–Crippen MR) is 79.1 cm³/mol. The monoisotopic (exact) mass is 266 g/mol. The lowest BCUT2D eigenvalue weighted by molar-refractivity contribution is 0.267. The third-order valence-electron chi connectivity index (χ3n) is 3.27. The third kappa shape index (κ3) is 4.35. The number of nitrogens with one attached hydrogen (secondary N) is 1. The lowest BCUT2D eigenvalue weighted by atomic mass is 10.0. The van der Waals surface area contributed by atoms with Gasteiger partial charge in [0.25, 0.3) is 0 Å². The van der Waals surface area contributed by atoms with Gasteiger partial charge in [0.05, 0.1) is 0 Å². The molecule has 5 heteroatoms. The quantitative estimate of drug-likeness (QED) is 0.704. The van der Waals surface area contributed by atoms with Gasteiger partial charge in [0.15, 0.2) is 0 Å². The Morgan fingerprint density at radius 1 is 1.32 bits per heavy atom. The lowest BCUT2D eigenvalue weighted by Crippen LogP contribution is -2.28. The van der Waals surface area contributed by atoms with Crippen LogP contribution in [0.5, 0.6) is 0 Å². The average molecular weight is 266 g/mol. The molecule has 4 N–H and O–H groups in total. The number of rotatable bonds is 7. The van der Waals surface area contributed by atoms with Gasteiger partial charge in [-0.1, -0.05) is 20.8 Å². The first kappa shape index (κ1) is 15.7. The van der Waals surface area contributed by atoms with E-state index in [-0.39, 0.29) is 12.6 Å². The zero-order valence-corrected chi connectivity index (χ0v) is 12.4. The maximum atomic E-state index is 9.13. The Balaban J connectivity index is 2.97. The first-order valence-corrected chi connectivity index (χ1v) is 6.99. The van der Waals surface area contributed by atoms with Crippen LogP contribution in [-0.4, -0.2) is 27.7 Å². The Kier molecular flexibility index (Phi) is 6.02. The Hall–Kier alpha value is -1.36. The summed E-state index contributed by atoms with van der Waals surface area (Å²) in [5.41, 5.74) is 6.82. The molecule has 0 aliphatic heterocycles. The molecule has 0 saturated carbocycles. The second-order valence-corrected chi connectivity index (χ2v) is 5.26. The molecule has 1 rings (SSSR count). The number of hydrogen-bond acceptors (Lipinski definition) is 5. The highest BCUT2D eigenvalue weighted by Crippen LogP contribution is 2.21. The summed E-state index contributed by atoms with van der Waals surface area (Å²) in [5.74, 6) is 2.52. The van der Waals surface area contributed by atoms with Crippen LogP contribution in [-0.2, 0) is 6.42 Å². The summed E-state index contributed by atoms with van der Waals surface area (Å²) >= 11 is 0. The van der Waals surface area contributed by atoms with Crippen molar-refractivity contribution < 1.29 is 5.11 Å². The van der Waals surface area contributed by atoms with Crippen LogP contribution in [0.1, 0.15) is 45.0 Å². The molecule has 5 nitrogen and oxygen atoms in total. The number of hydrogen-bond donors (Lipinski definition) is 3. The van der Waals surface area contributed by atoms with Crippen LogP contribution in [0.4, 0.5) is 11.6 Å². The average Bonchev–Trinajstić information content (AvgIpc) is 2.34. The number of aryl methyl sites for hydroxylation is 1. The number of aliphatic hydroxyl groups excluding tert-OH is 1. The maximum Gasteiger partial charge on any atom is 0.134 e. The van der Waals surface area contributed by atoms with Crippen molar-refractivity contribution in [2.45, 2.75) is 53.0 Å². The molecule has 0 bridgehead atoms. The lowest BCUT2D eigenvalue weighted by Gasteiger charge is -2.23. The molecular formula is C14H26N4O. The Morgan fingerprint density at radius 2 is 2.00 bits per heavy atom. The SMILES string of the molecule is CCCc1nc(N)c(C)c(NC(CCO)C(C)C)n1. The zero-order chi connectivity index (χ0) is 14.4.